The highest BCUT2D eigenvalue weighted by molar-refractivity contribution is 9.10. The molecule has 1 fully saturated rings. The number of hydrogen-bond acceptors (Lipinski definition) is 4. The van der Waals surface area contributed by atoms with Gasteiger partial charge < -0.3 is 9.47 Å². The van der Waals surface area contributed by atoms with E-state index >= 15 is 0 Å². The third-order valence-corrected chi connectivity index (χ3v) is 5.21. The second-order valence-corrected chi connectivity index (χ2v) is 7.59. The summed E-state index contributed by atoms with van der Waals surface area (Å²) in [7, 11) is 0. The highest BCUT2D eigenvalue weighted by Crippen LogP contribution is 2.37. The number of halogens is 1. The van der Waals surface area contributed by atoms with Crippen molar-refractivity contribution in [2.45, 2.75) is 26.8 Å². The maximum Gasteiger partial charge on any atom is 0.175 e. The lowest BCUT2D eigenvalue weighted by molar-refractivity contribution is -0.117. The zero-order valence-electron chi connectivity index (χ0n) is 16.4. The van der Waals surface area contributed by atoms with Crippen LogP contribution in [0.15, 0.2) is 52.5 Å². The van der Waals surface area contributed by atoms with E-state index in [9.17, 15) is 4.79 Å². The fourth-order valence-electron chi connectivity index (χ4n) is 3.35. The third kappa shape index (κ3) is 5.24. The van der Waals surface area contributed by atoms with Crippen LogP contribution >= 0.6 is 15.9 Å². The van der Waals surface area contributed by atoms with Crippen molar-refractivity contribution in [3.8, 4) is 11.5 Å². The van der Waals surface area contributed by atoms with Crippen LogP contribution in [-0.4, -0.2) is 37.0 Å². The largest absolute Gasteiger partial charge is 0.490 e. The van der Waals surface area contributed by atoms with Crippen molar-refractivity contribution in [3.63, 3.8) is 0 Å². The molecule has 2 aromatic carbocycles. The topological polar surface area (TPSA) is 38.8 Å². The molecule has 0 radical (unpaired) electrons. The summed E-state index contributed by atoms with van der Waals surface area (Å²) in [6.07, 6.45) is 2.53. The summed E-state index contributed by atoms with van der Waals surface area (Å²) >= 11 is 3.58. The predicted molar refractivity (Wildman–Crippen MR) is 116 cm³/mol. The Labute approximate surface area is 175 Å². The molecule has 0 saturated carbocycles. The van der Waals surface area contributed by atoms with E-state index in [2.05, 4.69) is 33.0 Å². The number of piperidine rings is 1. The smallest absolute Gasteiger partial charge is 0.175 e. The lowest BCUT2D eigenvalue weighted by Crippen LogP contribution is -2.35. The van der Waals surface area contributed by atoms with Crippen LogP contribution in [0.5, 0.6) is 11.5 Å². The highest BCUT2D eigenvalue weighted by Gasteiger charge is 2.22. The predicted octanol–water partition coefficient (Wildman–Crippen LogP) is 5.10. The maximum absolute atomic E-state index is 12.5. The number of Topliss-reactive ketones (excluding diaryl/α,β-unsaturated/α-hetero) is 1. The quantitative estimate of drug-likeness (QED) is 0.557. The summed E-state index contributed by atoms with van der Waals surface area (Å²) in [5.74, 6) is 1.61. The normalized spacial score (nSPS) is 16.4. The zero-order valence-corrected chi connectivity index (χ0v) is 18.0. The van der Waals surface area contributed by atoms with Gasteiger partial charge in [0.1, 0.15) is 0 Å². The number of carbonyl (C=O) groups is 1. The Balaban J connectivity index is 1.83. The number of ketones is 1. The Morgan fingerprint density at radius 2 is 1.86 bits per heavy atom. The van der Waals surface area contributed by atoms with E-state index in [1.807, 2.05) is 50.3 Å². The number of hydrogen-bond donors (Lipinski definition) is 0. The fraction of sp³-hybridized carbons (Fsp3) is 0.348. The minimum Gasteiger partial charge on any atom is -0.490 e. The number of rotatable bonds is 7. The lowest BCUT2D eigenvalue weighted by Gasteiger charge is -2.28. The summed E-state index contributed by atoms with van der Waals surface area (Å²) < 4.78 is 12.3. The first-order valence-electron chi connectivity index (χ1n) is 9.69. The van der Waals surface area contributed by atoms with E-state index < -0.39 is 0 Å². The van der Waals surface area contributed by atoms with Gasteiger partial charge >= 0.3 is 0 Å². The molecule has 0 atom stereocenters. The van der Waals surface area contributed by atoms with Crippen molar-refractivity contribution in [2.75, 3.05) is 26.3 Å². The Morgan fingerprint density at radius 1 is 1.11 bits per heavy atom. The van der Waals surface area contributed by atoms with Gasteiger partial charge in [-0.05, 0) is 59.1 Å². The van der Waals surface area contributed by atoms with E-state index in [0.717, 1.165) is 28.7 Å². The Hall–Kier alpha value is -2.11. The minimum atomic E-state index is 0.215. The molecule has 5 heteroatoms. The van der Waals surface area contributed by atoms with Gasteiger partial charge in [-0.25, -0.2) is 0 Å². The summed E-state index contributed by atoms with van der Waals surface area (Å²) in [4.78, 5) is 14.8. The molecule has 0 N–H and O–H groups in total. The first-order chi connectivity index (χ1) is 13.6. The molecule has 1 heterocycles. The minimum absolute atomic E-state index is 0.215. The van der Waals surface area contributed by atoms with Crippen molar-refractivity contribution in [2.24, 2.45) is 0 Å². The van der Waals surface area contributed by atoms with E-state index in [1.54, 1.807) is 0 Å². The van der Waals surface area contributed by atoms with Crippen molar-refractivity contribution < 1.29 is 14.3 Å². The monoisotopic (exact) mass is 443 g/mol. The SMILES string of the molecule is CCOc1cc(/C=C2\CN(Cc3ccccc3)CCC2=O)cc(Br)c1OCC. The van der Waals surface area contributed by atoms with Gasteiger partial charge in [0.2, 0.25) is 0 Å². The molecule has 0 amide bonds. The van der Waals surface area contributed by atoms with Gasteiger partial charge in [-0.1, -0.05) is 30.3 Å². The summed E-state index contributed by atoms with van der Waals surface area (Å²) in [6, 6.07) is 14.3. The van der Waals surface area contributed by atoms with E-state index in [1.165, 1.54) is 5.56 Å². The first kappa shape index (κ1) is 20.6. The van der Waals surface area contributed by atoms with Crippen LogP contribution in [0.2, 0.25) is 0 Å². The Bertz CT molecular complexity index is 848. The van der Waals surface area contributed by atoms with Crippen LogP contribution in [0.1, 0.15) is 31.4 Å². The molecule has 0 unspecified atom stereocenters. The number of nitrogens with zero attached hydrogens (tertiary/aromatic N) is 1. The van der Waals surface area contributed by atoms with Crippen LogP contribution in [0.3, 0.4) is 0 Å². The number of ether oxygens (including phenoxy) is 2. The molecular formula is C23H26BrNO3. The van der Waals surface area contributed by atoms with Gasteiger partial charge in [0.05, 0.1) is 17.7 Å². The van der Waals surface area contributed by atoms with Crippen LogP contribution in [0.25, 0.3) is 6.08 Å². The number of benzene rings is 2. The van der Waals surface area contributed by atoms with Gasteiger partial charge in [-0.2, -0.15) is 0 Å². The van der Waals surface area contributed by atoms with Crippen LogP contribution in [0.4, 0.5) is 0 Å². The van der Waals surface area contributed by atoms with E-state index in [4.69, 9.17) is 9.47 Å². The molecule has 3 rings (SSSR count). The van der Waals surface area contributed by atoms with Crippen molar-refractivity contribution in [3.05, 3.63) is 63.6 Å². The van der Waals surface area contributed by atoms with Crippen LogP contribution in [-0.2, 0) is 11.3 Å². The third-order valence-electron chi connectivity index (χ3n) is 4.62. The Kier molecular flexibility index (Phi) is 7.29. The highest BCUT2D eigenvalue weighted by atomic mass is 79.9. The fourth-order valence-corrected chi connectivity index (χ4v) is 3.93. The molecule has 148 valence electrons. The molecule has 1 saturated heterocycles. The average molecular weight is 444 g/mol. The van der Waals surface area contributed by atoms with E-state index in [0.29, 0.717) is 37.7 Å². The van der Waals surface area contributed by atoms with Crippen molar-refractivity contribution >= 4 is 27.8 Å². The Morgan fingerprint density at radius 3 is 2.57 bits per heavy atom. The van der Waals surface area contributed by atoms with Gasteiger partial charge in [-0.15, -0.1) is 0 Å². The second kappa shape index (κ2) is 9.89. The molecule has 0 aromatic heterocycles. The molecule has 1 aliphatic rings. The number of carbonyl (C=O) groups excluding carboxylic acids is 1. The van der Waals surface area contributed by atoms with Gasteiger partial charge in [0, 0.05) is 31.6 Å². The summed E-state index contributed by atoms with van der Waals surface area (Å²) in [6.45, 7) is 7.30. The molecule has 0 bridgehead atoms. The molecule has 0 spiro atoms. The van der Waals surface area contributed by atoms with E-state index in [-0.39, 0.29) is 5.78 Å². The zero-order chi connectivity index (χ0) is 19.9. The van der Waals surface area contributed by atoms with Crippen LogP contribution < -0.4 is 9.47 Å². The summed E-state index contributed by atoms with van der Waals surface area (Å²) in [5, 5.41) is 0. The maximum atomic E-state index is 12.5. The molecule has 28 heavy (non-hydrogen) atoms. The van der Waals surface area contributed by atoms with Crippen LogP contribution in [0, 0.1) is 0 Å². The van der Waals surface area contributed by atoms with Crippen molar-refractivity contribution in [1.29, 1.82) is 0 Å². The number of likely N-dealkylation sites (tertiary alicyclic amines) is 1. The second-order valence-electron chi connectivity index (χ2n) is 6.74. The first-order valence-corrected chi connectivity index (χ1v) is 10.5. The van der Waals surface area contributed by atoms with Gasteiger partial charge in [0.15, 0.2) is 17.3 Å². The molecule has 0 aliphatic carbocycles. The lowest BCUT2D eigenvalue weighted by atomic mass is 9.99. The molecule has 1 aliphatic heterocycles. The molecule has 4 nitrogen and oxygen atoms in total. The standard InChI is InChI=1S/C23H26BrNO3/c1-3-27-22-14-18(13-20(24)23(22)28-4-2)12-19-16-25(11-10-21(19)26)15-17-8-6-5-7-9-17/h5-9,12-14H,3-4,10-11,15-16H2,1-2H3/b19-12+. The molecular weight excluding hydrogens is 418 g/mol. The summed E-state index contributed by atoms with van der Waals surface area (Å²) in [5.41, 5.74) is 3.03. The average Bonchev–Trinajstić information content (AvgIpc) is 2.68. The van der Waals surface area contributed by atoms with Crippen molar-refractivity contribution in [1.82, 2.24) is 4.90 Å². The van der Waals surface area contributed by atoms with Gasteiger partial charge in [-0.3, -0.25) is 9.69 Å². The van der Waals surface area contributed by atoms with Gasteiger partial charge in [0.25, 0.3) is 0 Å². The molecule has 2 aromatic rings.